The van der Waals surface area contributed by atoms with Crippen molar-refractivity contribution in [3.8, 4) is 17.0 Å². The van der Waals surface area contributed by atoms with Crippen LogP contribution in [0, 0.1) is 6.92 Å². The van der Waals surface area contributed by atoms with Crippen LogP contribution < -0.4 is 10.1 Å². The van der Waals surface area contributed by atoms with Gasteiger partial charge >= 0.3 is 0 Å². The molecule has 0 radical (unpaired) electrons. The van der Waals surface area contributed by atoms with E-state index >= 15 is 0 Å². The second kappa shape index (κ2) is 10.1. The number of ether oxygens (including phenoxy) is 2. The maximum absolute atomic E-state index is 12.8. The van der Waals surface area contributed by atoms with E-state index in [2.05, 4.69) is 20.5 Å². The SMILES string of the molecule is Cc1cncc(Cl)c1[C@@H](C)Oc1ccc2[nH]nc(-c3cccc(C(=O)NC4CCOCC4)c3)c2c1. The predicted octanol–water partition coefficient (Wildman–Crippen LogP) is 5.64. The van der Waals surface area contributed by atoms with E-state index in [0.717, 1.165) is 46.1 Å². The van der Waals surface area contributed by atoms with E-state index in [0.29, 0.717) is 29.5 Å². The number of halogens is 1. The number of pyridine rings is 1. The normalized spacial score (nSPS) is 15.2. The Kier molecular flexibility index (Phi) is 6.70. The number of nitrogens with one attached hydrogen (secondary N) is 2. The van der Waals surface area contributed by atoms with Gasteiger partial charge in [0.25, 0.3) is 5.91 Å². The molecule has 8 heteroatoms. The zero-order valence-electron chi connectivity index (χ0n) is 19.7. The van der Waals surface area contributed by atoms with Crippen LogP contribution in [-0.2, 0) is 4.74 Å². The summed E-state index contributed by atoms with van der Waals surface area (Å²) in [6, 6.07) is 13.5. The largest absolute Gasteiger partial charge is 0.486 e. The van der Waals surface area contributed by atoms with Crippen LogP contribution in [0.2, 0.25) is 5.02 Å². The van der Waals surface area contributed by atoms with Crippen LogP contribution in [0.1, 0.15) is 47.4 Å². The maximum Gasteiger partial charge on any atom is 0.251 e. The van der Waals surface area contributed by atoms with Crippen molar-refractivity contribution < 1.29 is 14.3 Å². The molecule has 4 aromatic rings. The van der Waals surface area contributed by atoms with Gasteiger partial charge in [-0.1, -0.05) is 23.7 Å². The number of rotatable bonds is 6. The van der Waals surface area contributed by atoms with Crippen molar-refractivity contribution in [2.45, 2.75) is 38.8 Å². The lowest BCUT2D eigenvalue weighted by Gasteiger charge is -2.23. The average Bonchev–Trinajstić information content (AvgIpc) is 3.28. The van der Waals surface area contributed by atoms with E-state index in [1.54, 1.807) is 12.4 Å². The lowest BCUT2D eigenvalue weighted by atomic mass is 10.0. The average molecular weight is 491 g/mol. The first-order chi connectivity index (χ1) is 17.0. The van der Waals surface area contributed by atoms with Crippen molar-refractivity contribution in [1.29, 1.82) is 0 Å². The molecule has 35 heavy (non-hydrogen) atoms. The summed E-state index contributed by atoms with van der Waals surface area (Å²) in [5, 5.41) is 12.2. The number of hydrogen-bond donors (Lipinski definition) is 2. The van der Waals surface area contributed by atoms with E-state index in [-0.39, 0.29) is 18.1 Å². The minimum atomic E-state index is -0.254. The fourth-order valence-corrected chi connectivity index (χ4v) is 4.88. The van der Waals surface area contributed by atoms with Crippen LogP contribution in [-0.4, -0.2) is 40.3 Å². The van der Waals surface area contributed by atoms with Gasteiger partial charge in [0.15, 0.2) is 0 Å². The lowest BCUT2D eigenvalue weighted by molar-refractivity contribution is 0.0696. The number of benzene rings is 2. The molecule has 1 saturated heterocycles. The van der Waals surface area contributed by atoms with Gasteiger partial charge in [-0.3, -0.25) is 14.9 Å². The summed E-state index contributed by atoms with van der Waals surface area (Å²) in [6.45, 7) is 5.30. The standard InChI is InChI=1S/C27H27ClN4O3/c1-16-14-29-15-23(28)25(16)17(2)35-21-6-7-24-22(13-21)26(32-31-24)18-4-3-5-19(12-18)27(33)30-20-8-10-34-11-9-20/h3-7,12-15,17,20H,8-11H2,1-2H3,(H,30,33)(H,31,32)/t17-/m1/s1. The summed E-state index contributed by atoms with van der Waals surface area (Å²) in [5.41, 5.74) is 5.00. The highest BCUT2D eigenvalue weighted by Crippen LogP contribution is 2.33. The number of aromatic amines is 1. The topological polar surface area (TPSA) is 89.1 Å². The number of aryl methyl sites for hydroxylation is 1. The first-order valence-corrected chi connectivity index (χ1v) is 12.1. The second-order valence-electron chi connectivity index (χ2n) is 8.83. The minimum absolute atomic E-state index is 0.0824. The third-order valence-corrected chi connectivity index (χ3v) is 6.65. The van der Waals surface area contributed by atoms with Crippen LogP contribution in [0.15, 0.2) is 54.9 Å². The summed E-state index contributed by atoms with van der Waals surface area (Å²) in [6.07, 6.45) is 4.83. The molecule has 0 saturated carbocycles. The van der Waals surface area contributed by atoms with Gasteiger partial charge in [0.1, 0.15) is 17.5 Å². The van der Waals surface area contributed by atoms with E-state index in [1.807, 2.05) is 56.3 Å². The molecule has 7 nitrogen and oxygen atoms in total. The summed E-state index contributed by atoms with van der Waals surface area (Å²) in [7, 11) is 0. The molecule has 1 fully saturated rings. The molecule has 180 valence electrons. The number of carbonyl (C=O) groups is 1. The third-order valence-electron chi connectivity index (χ3n) is 6.35. The quantitative estimate of drug-likeness (QED) is 0.365. The number of amides is 1. The molecule has 0 aliphatic carbocycles. The number of nitrogens with zero attached hydrogens (tertiary/aromatic N) is 2. The van der Waals surface area contributed by atoms with Gasteiger partial charge in [-0.25, -0.2) is 0 Å². The van der Waals surface area contributed by atoms with Crippen molar-refractivity contribution >= 4 is 28.4 Å². The molecule has 2 aromatic carbocycles. The molecule has 2 aromatic heterocycles. The lowest BCUT2D eigenvalue weighted by Crippen LogP contribution is -2.38. The van der Waals surface area contributed by atoms with Crippen LogP contribution >= 0.6 is 11.6 Å². The molecule has 0 unspecified atom stereocenters. The molecule has 1 aliphatic heterocycles. The summed E-state index contributed by atoms with van der Waals surface area (Å²) >= 11 is 6.38. The highest BCUT2D eigenvalue weighted by atomic mass is 35.5. The highest BCUT2D eigenvalue weighted by Gasteiger charge is 2.19. The molecule has 0 bridgehead atoms. The number of aromatic nitrogens is 3. The van der Waals surface area contributed by atoms with Crippen LogP contribution in [0.4, 0.5) is 0 Å². The van der Waals surface area contributed by atoms with Gasteiger partial charge in [-0.2, -0.15) is 5.10 Å². The van der Waals surface area contributed by atoms with E-state index < -0.39 is 0 Å². The highest BCUT2D eigenvalue weighted by molar-refractivity contribution is 6.31. The van der Waals surface area contributed by atoms with E-state index in [4.69, 9.17) is 21.1 Å². The van der Waals surface area contributed by atoms with Crippen LogP contribution in [0.5, 0.6) is 5.75 Å². The maximum atomic E-state index is 12.8. The number of fused-ring (bicyclic) bond motifs is 1. The van der Waals surface area contributed by atoms with Crippen molar-refractivity contribution in [3.05, 3.63) is 76.6 Å². The molecule has 1 aliphatic rings. The Labute approximate surface area is 208 Å². The number of H-pyrrole nitrogens is 1. The van der Waals surface area contributed by atoms with Gasteiger partial charge in [0.2, 0.25) is 0 Å². The Balaban J connectivity index is 1.40. The molecule has 2 N–H and O–H groups in total. The third kappa shape index (κ3) is 5.01. The second-order valence-corrected chi connectivity index (χ2v) is 9.24. The first kappa shape index (κ1) is 23.3. The van der Waals surface area contributed by atoms with Crippen LogP contribution in [0.25, 0.3) is 22.2 Å². The minimum Gasteiger partial charge on any atom is -0.486 e. The summed E-state index contributed by atoms with van der Waals surface area (Å²) in [4.78, 5) is 17.0. The zero-order valence-corrected chi connectivity index (χ0v) is 20.4. The number of carbonyl (C=O) groups excluding carboxylic acids is 1. The molecule has 1 atom stereocenters. The van der Waals surface area contributed by atoms with E-state index in [9.17, 15) is 4.79 Å². The van der Waals surface area contributed by atoms with Crippen molar-refractivity contribution in [1.82, 2.24) is 20.5 Å². The first-order valence-electron chi connectivity index (χ1n) is 11.7. The van der Waals surface area contributed by atoms with Crippen molar-refractivity contribution in [3.63, 3.8) is 0 Å². The van der Waals surface area contributed by atoms with E-state index in [1.165, 1.54) is 0 Å². The Morgan fingerprint density at radius 2 is 2.03 bits per heavy atom. The summed E-state index contributed by atoms with van der Waals surface area (Å²) in [5.74, 6) is 0.620. The van der Waals surface area contributed by atoms with Crippen LogP contribution in [0.3, 0.4) is 0 Å². The Morgan fingerprint density at radius 3 is 2.83 bits per heavy atom. The van der Waals surface area contributed by atoms with Gasteiger partial charge in [0, 0.05) is 53.7 Å². The molecule has 5 rings (SSSR count). The zero-order chi connectivity index (χ0) is 24.4. The monoisotopic (exact) mass is 490 g/mol. The molecule has 0 spiro atoms. The molecule has 1 amide bonds. The predicted molar refractivity (Wildman–Crippen MR) is 136 cm³/mol. The number of hydrogen-bond acceptors (Lipinski definition) is 5. The fourth-order valence-electron chi connectivity index (χ4n) is 4.52. The van der Waals surface area contributed by atoms with Gasteiger partial charge in [0.05, 0.1) is 10.5 Å². The van der Waals surface area contributed by atoms with Gasteiger partial charge in [-0.15, -0.1) is 0 Å². The van der Waals surface area contributed by atoms with Gasteiger partial charge < -0.3 is 14.8 Å². The van der Waals surface area contributed by atoms with Gasteiger partial charge in [-0.05, 0) is 62.6 Å². The Morgan fingerprint density at radius 1 is 1.20 bits per heavy atom. The van der Waals surface area contributed by atoms with Crippen molar-refractivity contribution in [2.75, 3.05) is 13.2 Å². The smallest absolute Gasteiger partial charge is 0.251 e. The van der Waals surface area contributed by atoms with Crippen molar-refractivity contribution in [2.24, 2.45) is 0 Å². The molecule has 3 heterocycles. The fraction of sp³-hybridized carbons (Fsp3) is 0.296. The Hall–Kier alpha value is -3.42. The summed E-state index contributed by atoms with van der Waals surface area (Å²) < 4.78 is 11.6. The Bertz CT molecular complexity index is 1340. The molecular formula is C27H27ClN4O3. The molecular weight excluding hydrogens is 464 g/mol.